The van der Waals surface area contributed by atoms with Crippen LogP contribution >= 0.6 is 0 Å². The monoisotopic (exact) mass is 374 g/mol. The van der Waals surface area contributed by atoms with E-state index in [9.17, 15) is 18.3 Å². The van der Waals surface area contributed by atoms with Gasteiger partial charge in [0.2, 0.25) is 0 Å². The predicted octanol–water partition coefficient (Wildman–Crippen LogP) is 2.52. The van der Waals surface area contributed by atoms with Crippen molar-refractivity contribution in [2.24, 2.45) is 0 Å². The number of rotatable bonds is 5. The van der Waals surface area contributed by atoms with Gasteiger partial charge in [0, 0.05) is 17.3 Å². The second kappa shape index (κ2) is 7.88. The number of carbonyl (C=O) groups excluding carboxylic acids is 1. The first-order valence-electron chi connectivity index (χ1n) is 8.61. The molecule has 0 saturated heterocycles. The topological polar surface area (TPSA) is 95.5 Å². The highest BCUT2D eigenvalue weighted by Crippen LogP contribution is 2.20. The first-order chi connectivity index (χ1) is 12.4. The molecule has 26 heavy (non-hydrogen) atoms. The Morgan fingerprint density at radius 2 is 1.54 bits per heavy atom. The molecule has 7 heteroatoms. The minimum atomic E-state index is -3.65. The Hall–Kier alpha value is -2.38. The third-order valence-corrected chi connectivity index (χ3v) is 5.88. The molecule has 1 aliphatic rings. The van der Waals surface area contributed by atoms with Crippen LogP contribution in [0.5, 0.6) is 0 Å². The number of aliphatic hydroxyl groups is 1. The zero-order valence-corrected chi connectivity index (χ0v) is 15.1. The Morgan fingerprint density at radius 3 is 2.15 bits per heavy atom. The van der Waals surface area contributed by atoms with Gasteiger partial charge in [-0.05, 0) is 62.1 Å². The van der Waals surface area contributed by atoms with Crippen LogP contribution in [0.15, 0.2) is 59.5 Å². The van der Waals surface area contributed by atoms with Crippen molar-refractivity contribution in [2.75, 3.05) is 4.72 Å². The van der Waals surface area contributed by atoms with Gasteiger partial charge in [-0.15, -0.1) is 0 Å². The van der Waals surface area contributed by atoms with Gasteiger partial charge < -0.3 is 10.4 Å². The van der Waals surface area contributed by atoms with Crippen molar-refractivity contribution < 1.29 is 18.3 Å². The molecule has 1 aliphatic carbocycles. The Labute approximate surface area is 153 Å². The summed E-state index contributed by atoms with van der Waals surface area (Å²) in [5.41, 5.74) is 0.866. The molecule has 0 radical (unpaired) electrons. The van der Waals surface area contributed by atoms with Gasteiger partial charge in [0.25, 0.3) is 15.9 Å². The Morgan fingerprint density at radius 1 is 0.923 bits per heavy atom. The Bertz CT molecular complexity index is 843. The van der Waals surface area contributed by atoms with Gasteiger partial charge in [-0.1, -0.05) is 18.2 Å². The third-order valence-electron chi connectivity index (χ3n) is 4.48. The smallest absolute Gasteiger partial charge is 0.261 e. The summed E-state index contributed by atoms with van der Waals surface area (Å²) >= 11 is 0. The first kappa shape index (κ1) is 18.4. The maximum absolute atomic E-state index is 12.3. The highest BCUT2D eigenvalue weighted by Gasteiger charge is 2.21. The number of aliphatic hydroxyl groups excluding tert-OH is 1. The van der Waals surface area contributed by atoms with Gasteiger partial charge in [0.15, 0.2) is 0 Å². The van der Waals surface area contributed by atoms with Crippen LogP contribution in [0.2, 0.25) is 0 Å². The lowest BCUT2D eigenvalue weighted by Gasteiger charge is -2.26. The van der Waals surface area contributed by atoms with Gasteiger partial charge in [-0.25, -0.2) is 8.42 Å². The zero-order chi connectivity index (χ0) is 18.6. The quantitative estimate of drug-likeness (QED) is 0.749. The molecule has 3 N–H and O–H groups in total. The molecular formula is C19H22N2O4S. The molecule has 1 amide bonds. The van der Waals surface area contributed by atoms with E-state index in [1.54, 1.807) is 42.5 Å². The largest absolute Gasteiger partial charge is 0.393 e. The lowest BCUT2D eigenvalue weighted by Crippen LogP contribution is -2.38. The van der Waals surface area contributed by atoms with Crippen LogP contribution < -0.4 is 10.0 Å². The number of nitrogens with one attached hydrogen (secondary N) is 2. The molecule has 138 valence electrons. The molecule has 2 aromatic rings. The van der Waals surface area contributed by atoms with Crippen LogP contribution in [0, 0.1) is 0 Å². The van der Waals surface area contributed by atoms with E-state index in [1.165, 1.54) is 12.1 Å². The number of hydrogen-bond donors (Lipinski definition) is 3. The van der Waals surface area contributed by atoms with Gasteiger partial charge in [-0.2, -0.15) is 0 Å². The summed E-state index contributed by atoms with van der Waals surface area (Å²) in [6.07, 6.45) is 2.67. The van der Waals surface area contributed by atoms with Crippen molar-refractivity contribution in [1.82, 2.24) is 5.32 Å². The zero-order valence-electron chi connectivity index (χ0n) is 14.3. The number of benzene rings is 2. The maximum atomic E-state index is 12.3. The second-order valence-electron chi connectivity index (χ2n) is 6.47. The van der Waals surface area contributed by atoms with Crippen LogP contribution in [0.25, 0.3) is 0 Å². The lowest BCUT2D eigenvalue weighted by molar-refractivity contribution is 0.0867. The number of amides is 1. The highest BCUT2D eigenvalue weighted by molar-refractivity contribution is 7.92. The maximum Gasteiger partial charge on any atom is 0.261 e. The molecule has 2 aromatic carbocycles. The molecule has 0 spiro atoms. The number of hydrogen-bond acceptors (Lipinski definition) is 4. The van der Waals surface area contributed by atoms with Crippen molar-refractivity contribution >= 4 is 21.6 Å². The summed E-state index contributed by atoms with van der Waals surface area (Å²) in [7, 11) is -3.65. The van der Waals surface area contributed by atoms with Crippen molar-refractivity contribution in [3.8, 4) is 0 Å². The van der Waals surface area contributed by atoms with Gasteiger partial charge in [0.05, 0.1) is 11.0 Å². The molecule has 3 rings (SSSR count). The van der Waals surface area contributed by atoms with Crippen LogP contribution in [0.1, 0.15) is 36.0 Å². The van der Waals surface area contributed by atoms with Crippen molar-refractivity contribution in [2.45, 2.75) is 42.7 Å². The summed E-state index contributed by atoms with van der Waals surface area (Å²) in [4.78, 5) is 12.5. The Kier molecular flexibility index (Phi) is 5.58. The lowest BCUT2D eigenvalue weighted by atomic mass is 9.93. The predicted molar refractivity (Wildman–Crippen MR) is 99.4 cm³/mol. The molecular weight excluding hydrogens is 352 g/mol. The normalized spacial score (nSPS) is 20.3. The summed E-state index contributed by atoms with van der Waals surface area (Å²) in [6.45, 7) is 0. The minimum absolute atomic E-state index is 0.0714. The van der Waals surface area contributed by atoms with E-state index in [0.29, 0.717) is 24.1 Å². The van der Waals surface area contributed by atoms with Crippen LogP contribution in [-0.4, -0.2) is 31.6 Å². The average molecular weight is 374 g/mol. The van der Waals surface area contributed by atoms with Crippen molar-refractivity contribution in [3.05, 3.63) is 60.2 Å². The van der Waals surface area contributed by atoms with Crippen molar-refractivity contribution in [1.29, 1.82) is 0 Å². The first-order valence-corrected chi connectivity index (χ1v) is 10.1. The molecule has 1 saturated carbocycles. The molecule has 1 fully saturated rings. The van der Waals surface area contributed by atoms with Crippen LogP contribution in [-0.2, 0) is 10.0 Å². The highest BCUT2D eigenvalue weighted by atomic mass is 32.2. The van der Waals surface area contributed by atoms with Crippen LogP contribution in [0.3, 0.4) is 0 Å². The van der Waals surface area contributed by atoms with E-state index in [2.05, 4.69) is 10.0 Å². The SMILES string of the molecule is O=C(NC1CCC(O)CC1)c1ccc(NS(=O)(=O)c2ccccc2)cc1. The van der Waals surface area contributed by atoms with E-state index >= 15 is 0 Å². The molecule has 0 atom stereocenters. The number of anilines is 1. The second-order valence-corrected chi connectivity index (χ2v) is 8.16. The molecule has 0 aromatic heterocycles. The van der Waals surface area contributed by atoms with E-state index < -0.39 is 10.0 Å². The van der Waals surface area contributed by atoms with Crippen LogP contribution in [0.4, 0.5) is 5.69 Å². The number of carbonyl (C=O) groups is 1. The molecule has 6 nitrogen and oxygen atoms in total. The fraction of sp³-hybridized carbons (Fsp3) is 0.316. The molecule has 0 unspecified atom stereocenters. The van der Waals surface area contributed by atoms with Gasteiger partial charge >= 0.3 is 0 Å². The van der Waals surface area contributed by atoms with Crippen molar-refractivity contribution in [3.63, 3.8) is 0 Å². The molecule has 0 heterocycles. The Balaban J connectivity index is 1.62. The number of sulfonamides is 1. The average Bonchev–Trinajstić information content (AvgIpc) is 2.64. The summed E-state index contributed by atoms with van der Waals surface area (Å²) in [6, 6.07) is 14.5. The third kappa shape index (κ3) is 4.62. The van der Waals surface area contributed by atoms with E-state index in [0.717, 1.165) is 12.8 Å². The van der Waals surface area contributed by atoms with E-state index in [4.69, 9.17) is 0 Å². The summed E-state index contributed by atoms with van der Waals surface area (Å²) in [5.74, 6) is -0.191. The fourth-order valence-electron chi connectivity index (χ4n) is 2.99. The summed E-state index contributed by atoms with van der Waals surface area (Å²) in [5, 5.41) is 12.5. The molecule has 0 bridgehead atoms. The standard InChI is InChI=1S/C19H22N2O4S/c22-17-12-10-15(11-13-17)20-19(23)14-6-8-16(9-7-14)21-26(24,25)18-4-2-1-3-5-18/h1-9,15,17,21-22H,10-13H2,(H,20,23). The van der Waals surface area contributed by atoms with Gasteiger partial charge in [-0.3, -0.25) is 9.52 Å². The van der Waals surface area contributed by atoms with E-state index in [1.807, 2.05) is 0 Å². The molecule has 0 aliphatic heterocycles. The minimum Gasteiger partial charge on any atom is -0.393 e. The van der Waals surface area contributed by atoms with E-state index in [-0.39, 0.29) is 22.9 Å². The van der Waals surface area contributed by atoms with Gasteiger partial charge in [0.1, 0.15) is 0 Å². The fourth-order valence-corrected chi connectivity index (χ4v) is 4.07. The summed E-state index contributed by atoms with van der Waals surface area (Å²) < 4.78 is 27.1.